The van der Waals surface area contributed by atoms with Crippen LogP contribution in [0.2, 0.25) is 0 Å². The number of hydrogen-bond acceptors (Lipinski definition) is 4. The lowest BCUT2D eigenvalue weighted by molar-refractivity contribution is 0.609. The maximum Gasteiger partial charge on any atom is 0.0412 e. The van der Waals surface area contributed by atoms with Gasteiger partial charge in [-0.2, -0.15) is 0 Å². The first-order valence-electron chi connectivity index (χ1n) is 16.0. The molecule has 4 aromatic carbocycles. The van der Waals surface area contributed by atoms with Gasteiger partial charge in [-0.05, 0) is 91.9 Å². The molecule has 4 rings (SSSR count). The van der Waals surface area contributed by atoms with Crippen molar-refractivity contribution in [3.05, 3.63) is 115 Å². The van der Waals surface area contributed by atoms with Crippen molar-refractivity contribution in [2.24, 2.45) is 0 Å². The molecular weight excluding hydrogens is 512 g/mol. The van der Waals surface area contributed by atoms with Crippen LogP contribution in [-0.2, 0) is 6.42 Å². The van der Waals surface area contributed by atoms with E-state index in [0.717, 1.165) is 30.2 Å². The maximum absolute atomic E-state index is 5.82. The predicted molar refractivity (Wildman–Crippen MR) is 186 cm³/mol. The fourth-order valence-corrected chi connectivity index (χ4v) is 5.01. The van der Waals surface area contributed by atoms with Crippen molar-refractivity contribution in [3.63, 3.8) is 0 Å². The molecule has 0 bridgehead atoms. The highest BCUT2D eigenvalue weighted by molar-refractivity contribution is 5.64. The van der Waals surface area contributed by atoms with E-state index in [1.54, 1.807) is 0 Å². The summed E-state index contributed by atoms with van der Waals surface area (Å²) in [6.07, 6.45) is 14.2. The summed E-state index contributed by atoms with van der Waals surface area (Å²) in [5, 5.41) is 3.42. The van der Waals surface area contributed by atoms with Crippen molar-refractivity contribution in [1.82, 2.24) is 0 Å². The summed E-state index contributed by atoms with van der Waals surface area (Å²) in [5.74, 6) is 0. The van der Waals surface area contributed by atoms with E-state index in [9.17, 15) is 0 Å². The van der Waals surface area contributed by atoms with Gasteiger partial charge in [0.2, 0.25) is 0 Å². The van der Waals surface area contributed by atoms with E-state index in [-0.39, 0.29) is 0 Å². The van der Waals surface area contributed by atoms with E-state index in [0.29, 0.717) is 0 Å². The summed E-state index contributed by atoms with van der Waals surface area (Å²) >= 11 is 0. The molecular formula is C38H52N4. The number of nitrogens with two attached hydrogens (primary N) is 2. The van der Waals surface area contributed by atoms with Crippen LogP contribution < -0.4 is 21.7 Å². The van der Waals surface area contributed by atoms with Crippen molar-refractivity contribution in [2.45, 2.75) is 77.6 Å². The smallest absolute Gasteiger partial charge is 0.0412 e. The molecule has 0 aliphatic heterocycles. The van der Waals surface area contributed by atoms with Crippen molar-refractivity contribution < 1.29 is 0 Å². The third kappa shape index (κ3) is 13.2. The molecule has 224 valence electrons. The molecule has 42 heavy (non-hydrogen) atoms. The van der Waals surface area contributed by atoms with Gasteiger partial charge in [0.25, 0.3) is 0 Å². The highest BCUT2D eigenvalue weighted by Gasteiger charge is 2.08. The van der Waals surface area contributed by atoms with Crippen LogP contribution in [0.15, 0.2) is 109 Å². The number of nitrogen functional groups attached to an aromatic ring is 2. The normalized spacial score (nSPS) is 10.5. The van der Waals surface area contributed by atoms with Crippen LogP contribution in [0.1, 0.15) is 76.7 Å². The highest BCUT2D eigenvalue weighted by Crippen LogP contribution is 2.26. The lowest BCUT2D eigenvalue weighted by Crippen LogP contribution is -2.18. The van der Waals surface area contributed by atoms with Crippen molar-refractivity contribution in [3.8, 4) is 0 Å². The van der Waals surface area contributed by atoms with Crippen molar-refractivity contribution >= 4 is 28.4 Å². The number of anilines is 5. The lowest BCUT2D eigenvalue weighted by Gasteiger charge is -2.25. The number of nitrogens with one attached hydrogen (secondary N) is 1. The largest absolute Gasteiger partial charge is 0.399 e. The van der Waals surface area contributed by atoms with Crippen LogP contribution in [0, 0.1) is 0 Å². The molecule has 0 unspecified atom stereocenters. The maximum atomic E-state index is 5.82. The SMILES string of the molecule is CCCCCCCCN(c1ccccc1)c1ccc(N)cc1.Nc1ccc(NCCCCCCc2ccccc2)cc1. The van der Waals surface area contributed by atoms with Crippen LogP contribution in [0.5, 0.6) is 0 Å². The fraction of sp³-hybridized carbons (Fsp3) is 0.368. The first-order chi connectivity index (χ1) is 20.7. The zero-order valence-electron chi connectivity index (χ0n) is 25.7. The molecule has 0 spiro atoms. The van der Waals surface area contributed by atoms with Gasteiger partial charge in [-0.3, -0.25) is 0 Å². The minimum Gasteiger partial charge on any atom is -0.399 e. The average Bonchev–Trinajstić information content (AvgIpc) is 3.03. The minimum atomic E-state index is 0.816. The predicted octanol–water partition coefficient (Wildman–Crippen LogP) is 10.3. The van der Waals surface area contributed by atoms with Gasteiger partial charge in [-0.1, -0.05) is 100 Å². The van der Waals surface area contributed by atoms with Crippen LogP contribution >= 0.6 is 0 Å². The number of nitrogens with zero attached hydrogens (tertiary/aromatic N) is 1. The molecule has 5 N–H and O–H groups in total. The van der Waals surface area contributed by atoms with E-state index >= 15 is 0 Å². The van der Waals surface area contributed by atoms with Gasteiger partial charge in [-0.25, -0.2) is 0 Å². The average molecular weight is 565 g/mol. The third-order valence-electron chi connectivity index (χ3n) is 7.48. The van der Waals surface area contributed by atoms with Crippen LogP contribution in [0.25, 0.3) is 0 Å². The Bertz CT molecular complexity index is 1190. The Labute approximate surface area is 255 Å². The van der Waals surface area contributed by atoms with Crippen molar-refractivity contribution in [2.75, 3.05) is 34.8 Å². The highest BCUT2D eigenvalue weighted by atomic mass is 15.1. The number of para-hydroxylation sites is 1. The van der Waals surface area contributed by atoms with E-state index in [1.807, 2.05) is 36.4 Å². The van der Waals surface area contributed by atoms with Gasteiger partial charge < -0.3 is 21.7 Å². The molecule has 4 nitrogen and oxygen atoms in total. The van der Waals surface area contributed by atoms with Crippen LogP contribution in [0.3, 0.4) is 0 Å². The third-order valence-corrected chi connectivity index (χ3v) is 7.48. The zero-order valence-corrected chi connectivity index (χ0v) is 25.7. The van der Waals surface area contributed by atoms with Gasteiger partial charge >= 0.3 is 0 Å². The quantitative estimate of drug-likeness (QED) is 0.0881. The Morgan fingerprint density at radius 3 is 1.71 bits per heavy atom. The molecule has 0 radical (unpaired) electrons. The van der Waals surface area contributed by atoms with Crippen molar-refractivity contribution in [1.29, 1.82) is 0 Å². The van der Waals surface area contributed by atoms with E-state index < -0.39 is 0 Å². The molecule has 0 amide bonds. The van der Waals surface area contributed by atoms with Gasteiger partial charge in [-0.15, -0.1) is 0 Å². The summed E-state index contributed by atoms with van der Waals surface area (Å²) in [4.78, 5) is 2.39. The van der Waals surface area contributed by atoms with Crippen LogP contribution in [-0.4, -0.2) is 13.1 Å². The summed E-state index contributed by atoms with van der Waals surface area (Å²) < 4.78 is 0. The number of benzene rings is 4. The number of unbranched alkanes of at least 4 members (excludes halogenated alkanes) is 8. The summed E-state index contributed by atoms with van der Waals surface area (Å²) in [6, 6.07) is 37.4. The Hall–Kier alpha value is -3.92. The van der Waals surface area contributed by atoms with E-state index in [1.165, 1.54) is 87.6 Å². The summed E-state index contributed by atoms with van der Waals surface area (Å²) in [7, 11) is 0. The Kier molecular flexibility index (Phi) is 15.6. The Morgan fingerprint density at radius 1 is 0.524 bits per heavy atom. The van der Waals surface area contributed by atoms with Gasteiger partial charge in [0.1, 0.15) is 0 Å². The standard InChI is InChI=1S/C20H28N2.C18H24N2/c1-2-3-4-5-6-10-17-22(19-11-8-7-9-12-19)20-15-13-18(21)14-16-20;19-17-11-13-18(14-12-17)20-15-7-2-1-4-8-16-9-5-3-6-10-16/h7-9,11-16H,2-6,10,17,21H2,1H3;3,5-6,9-14,20H,1-2,4,7-8,15,19H2. The number of rotatable bonds is 17. The Morgan fingerprint density at radius 2 is 1.05 bits per heavy atom. The molecule has 0 aliphatic carbocycles. The summed E-state index contributed by atoms with van der Waals surface area (Å²) in [6.45, 7) is 4.35. The first kappa shape index (κ1) is 32.6. The fourth-order valence-electron chi connectivity index (χ4n) is 5.01. The molecule has 0 saturated carbocycles. The second-order valence-corrected chi connectivity index (χ2v) is 11.0. The Balaban J connectivity index is 0.000000231. The first-order valence-corrected chi connectivity index (χ1v) is 16.0. The molecule has 4 heteroatoms. The molecule has 0 atom stereocenters. The summed E-state index contributed by atoms with van der Waals surface area (Å²) in [5.41, 5.74) is 18.2. The van der Waals surface area contributed by atoms with E-state index in [2.05, 4.69) is 89.9 Å². The number of aryl methyl sites for hydroxylation is 1. The van der Waals surface area contributed by atoms with Gasteiger partial charge in [0.05, 0.1) is 0 Å². The van der Waals surface area contributed by atoms with E-state index in [4.69, 9.17) is 11.5 Å². The molecule has 0 aliphatic rings. The topological polar surface area (TPSA) is 67.3 Å². The van der Waals surface area contributed by atoms with Gasteiger partial charge in [0.15, 0.2) is 0 Å². The molecule has 4 aromatic rings. The lowest BCUT2D eigenvalue weighted by atomic mass is 10.1. The van der Waals surface area contributed by atoms with Gasteiger partial charge in [0, 0.05) is 41.5 Å². The monoisotopic (exact) mass is 564 g/mol. The molecule has 0 aromatic heterocycles. The molecule has 0 fully saturated rings. The molecule has 0 saturated heterocycles. The molecule has 0 heterocycles. The second-order valence-electron chi connectivity index (χ2n) is 11.0. The van der Waals surface area contributed by atoms with Crippen LogP contribution in [0.4, 0.5) is 28.4 Å². The number of hydrogen-bond donors (Lipinski definition) is 3. The zero-order chi connectivity index (χ0) is 29.7. The minimum absolute atomic E-state index is 0.816. The second kappa shape index (κ2) is 20.0.